The van der Waals surface area contributed by atoms with Gasteiger partial charge in [0.15, 0.2) is 0 Å². The molecule has 0 aromatic carbocycles. The molecule has 4 rings (SSSR count). The van der Waals surface area contributed by atoms with Crippen molar-refractivity contribution in [2.45, 2.75) is 52.4 Å². The van der Waals surface area contributed by atoms with Crippen molar-refractivity contribution in [1.29, 1.82) is 0 Å². The number of hydrogen-bond acceptors (Lipinski definition) is 0. The number of hydrogen-bond donors (Lipinski definition) is 0. The van der Waals surface area contributed by atoms with Crippen molar-refractivity contribution < 1.29 is 0 Å². The summed E-state index contributed by atoms with van der Waals surface area (Å²) in [5, 5.41) is 0. The number of fused-ring (bicyclic) bond motifs is 1. The topological polar surface area (TPSA) is 0 Å². The van der Waals surface area contributed by atoms with Crippen molar-refractivity contribution in [2.75, 3.05) is 0 Å². The number of rotatable bonds is 0. The first-order valence-electron chi connectivity index (χ1n) is 6.16. The van der Waals surface area contributed by atoms with Gasteiger partial charge in [0.25, 0.3) is 0 Å². The maximum Gasteiger partial charge on any atom is -0.0297 e. The molecule has 0 nitrogen and oxygen atoms in total. The predicted molar refractivity (Wildman–Crippen MR) is 55.4 cm³/mol. The van der Waals surface area contributed by atoms with E-state index in [1.807, 2.05) is 0 Å². The quantitative estimate of drug-likeness (QED) is 0.528. The van der Waals surface area contributed by atoms with E-state index in [9.17, 15) is 0 Å². The van der Waals surface area contributed by atoms with Crippen LogP contribution in [-0.2, 0) is 0 Å². The Balaban J connectivity index is 1.97. The third-order valence-corrected chi connectivity index (χ3v) is 5.55. The van der Waals surface area contributed by atoms with Crippen LogP contribution in [0.4, 0.5) is 0 Å². The van der Waals surface area contributed by atoms with E-state index in [1.165, 1.54) is 0 Å². The van der Waals surface area contributed by atoms with E-state index < -0.39 is 0 Å². The average Bonchev–Trinajstić information content (AvgIpc) is 2.26. The third-order valence-electron chi connectivity index (χ3n) is 5.55. The van der Waals surface area contributed by atoms with Crippen LogP contribution in [0, 0.1) is 29.1 Å². The van der Waals surface area contributed by atoms with Crippen molar-refractivity contribution in [3.63, 3.8) is 0 Å². The molecule has 0 unspecified atom stereocenters. The highest BCUT2D eigenvalue weighted by Crippen LogP contribution is 2.59. The van der Waals surface area contributed by atoms with E-state index in [0.29, 0.717) is 5.41 Å². The lowest BCUT2D eigenvalue weighted by atomic mass is 9.56. The smallest absolute Gasteiger partial charge is 0.0297 e. The van der Waals surface area contributed by atoms with Crippen LogP contribution < -0.4 is 0 Å². The third kappa shape index (κ3) is 1.10. The van der Waals surface area contributed by atoms with E-state index in [1.54, 1.807) is 38.5 Å². The van der Waals surface area contributed by atoms with E-state index in [2.05, 4.69) is 13.8 Å². The minimum Gasteiger partial charge on any atom is -0.0594 e. The second-order valence-electron chi connectivity index (χ2n) is 6.47. The molecule has 0 heteroatoms. The first-order chi connectivity index (χ1) is 6.16. The molecule has 4 saturated carbocycles. The highest BCUT2D eigenvalue weighted by atomic mass is 14.5. The van der Waals surface area contributed by atoms with E-state index in [-0.39, 0.29) is 0 Å². The molecule has 0 saturated heterocycles. The summed E-state index contributed by atoms with van der Waals surface area (Å²) in [5.74, 6) is 4.40. The van der Waals surface area contributed by atoms with Crippen molar-refractivity contribution in [3.8, 4) is 0 Å². The van der Waals surface area contributed by atoms with Crippen LogP contribution in [-0.4, -0.2) is 0 Å². The normalized spacial score (nSPS) is 52.2. The molecule has 4 fully saturated rings. The van der Waals surface area contributed by atoms with Gasteiger partial charge < -0.3 is 0 Å². The van der Waals surface area contributed by atoms with Gasteiger partial charge in [-0.05, 0) is 61.2 Å². The summed E-state index contributed by atoms with van der Waals surface area (Å²) in [6.07, 6.45) is 9.40. The zero-order valence-corrected chi connectivity index (χ0v) is 9.05. The molecule has 0 heterocycles. The van der Waals surface area contributed by atoms with Gasteiger partial charge in [-0.15, -0.1) is 0 Å². The second kappa shape index (κ2) is 2.52. The van der Waals surface area contributed by atoms with Crippen LogP contribution in [0.2, 0.25) is 0 Å². The fraction of sp³-hybridized carbons (Fsp3) is 1.00. The Morgan fingerprint density at radius 2 is 1.46 bits per heavy atom. The molecule has 74 valence electrons. The van der Waals surface area contributed by atoms with Gasteiger partial charge in [-0.1, -0.05) is 20.3 Å². The Morgan fingerprint density at radius 1 is 0.769 bits per heavy atom. The molecule has 0 aliphatic heterocycles. The Kier molecular flexibility index (Phi) is 1.61. The fourth-order valence-electron chi connectivity index (χ4n) is 4.57. The van der Waals surface area contributed by atoms with Gasteiger partial charge in [-0.25, -0.2) is 0 Å². The predicted octanol–water partition coefficient (Wildman–Crippen LogP) is 3.86. The summed E-state index contributed by atoms with van der Waals surface area (Å²) in [6, 6.07) is 0. The van der Waals surface area contributed by atoms with Crippen LogP contribution in [0.1, 0.15) is 52.4 Å². The lowest BCUT2D eigenvalue weighted by Gasteiger charge is -2.50. The van der Waals surface area contributed by atoms with Crippen molar-refractivity contribution >= 4 is 0 Å². The minimum absolute atomic E-state index is 0.686. The molecular weight excluding hydrogens is 156 g/mol. The molecule has 13 heavy (non-hydrogen) atoms. The lowest BCUT2D eigenvalue weighted by molar-refractivity contribution is 0.00159. The summed E-state index contributed by atoms with van der Waals surface area (Å²) in [4.78, 5) is 0. The van der Waals surface area contributed by atoms with Crippen molar-refractivity contribution in [3.05, 3.63) is 0 Å². The van der Waals surface area contributed by atoms with Crippen molar-refractivity contribution in [2.24, 2.45) is 29.1 Å². The minimum atomic E-state index is 0.686. The van der Waals surface area contributed by atoms with Gasteiger partial charge in [-0.3, -0.25) is 0 Å². The monoisotopic (exact) mass is 178 g/mol. The average molecular weight is 178 g/mol. The molecule has 0 aromatic rings. The van der Waals surface area contributed by atoms with Gasteiger partial charge in [0.2, 0.25) is 0 Å². The van der Waals surface area contributed by atoms with Gasteiger partial charge in [0.05, 0.1) is 0 Å². The fourth-order valence-corrected chi connectivity index (χ4v) is 4.57. The second-order valence-corrected chi connectivity index (χ2v) is 6.47. The van der Waals surface area contributed by atoms with Crippen LogP contribution in [0.15, 0.2) is 0 Å². The SMILES string of the molecule is CC1(C)[C@H]2C[C@H]3C[C@H](CC[C@@H]1C3)C2. The van der Waals surface area contributed by atoms with Gasteiger partial charge in [0, 0.05) is 0 Å². The van der Waals surface area contributed by atoms with Gasteiger partial charge >= 0.3 is 0 Å². The summed E-state index contributed by atoms with van der Waals surface area (Å²) in [5.41, 5.74) is 0.686. The Bertz CT molecular complexity index is 206. The molecule has 0 radical (unpaired) electrons. The molecular formula is C13H22. The first-order valence-corrected chi connectivity index (χ1v) is 6.16. The Morgan fingerprint density at radius 3 is 2.31 bits per heavy atom. The summed E-state index contributed by atoms with van der Waals surface area (Å²) >= 11 is 0. The van der Waals surface area contributed by atoms with Crippen LogP contribution in [0.3, 0.4) is 0 Å². The Labute approximate surface area is 82.1 Å². The van der Waals surface area contributed by atoms with E-state index in [4.69, 9.17) is 0 Å². The molecule has 0 spiro atoms. The summed E-state index contributed by atoms with van der Waals surface area (Å²) < 4.78 is 0. The van der Waals surface area contributed by atoms with Crippen LogP contribution in [0.5, 0.6) is 0 Å². The highest BCUT2D eigenvalue weighted by Gasteiger charge is 2.49. The molecule has 0 aromatic heterocycles. The van der Waals surface area contributed by atoms with Crippen LogP contribution >= 0.6 is 0 Å². The summed E-state index contributed by atoms with van der Waals surface area (Å²) in [6.45, 7) is 5.10. The van der Waals surface area contributed by atoms with Gasteiger partial charge in [-0.2, -0.15) is 0 Å². The van der Waals surface area contributed by atoms with Crippen LogP contribution in [0.25, 0.3) is 0 Å². The highest BCUT2D eigenvalue weighted by molar-refractivity contribution is 4.99. The molecule has 0 N–H and O–H groups in total. The molecule has 4 aliphatic rings. The zero-order chi connectivity index (χ0) is 9.05. The lowest BCUT2D eigenvalue weighted by Crippen LogP contribution is -2.41. The molecule has 4 bridgehead atoms. The van der Waals surface area contributed by atoms with E-state index in [0.717, 1.165) is 23.7 Å². The van der Waals surface area contributed by atoms with Gasteiger partial charge in [0.1, 0.15) is 0 Å². The first kappa shape index (κ1) is 8.32. The van der Waals surface area contributed by atoms with E-state index >= 15 is 0 Å². The molecule has 4 aliphatic carbocycles. The zero-order valence-electron chi connectivity index (χ0n) is 9.05. The Hall–Kier alpha value is 0. The van der Waals surface area contributed by atoms with Crippen molar-refractivity contribution in [1.82, 2.24) is 0 Å². The maximum atomic E-state index is 2.55. The molecule has 0 amide bonds. The maximum absolute atomic E-state index is 2.55. The largest absolute Gasteiger partial charge is 0.0594 e. The summed E-state index contributed by atoms with van der Waals surface area (Å²) in [7, 11) is 0. The molecule has 4 atom stereocenters. The standard InChI is InChI=1S/C13H22/c1-13(2)11-4-3-9-5-10(7-11)8-12(13)6-9/h9-12H,3-8H2,1-2H3/t9-,10-,11+,12+/m0/s1.